The normalized spacial score (nSPS) is 9.93. The summed E-state index contributed by atoms with van der Waals surface area (Å²) in [5.41, 5.74) is 1.05. The molecular weight excluding hydrogens is 216 g/mol. The van der Waals surface area contributed by atoms with E-state index in [-0.39, 0.29) is 5.91 Å². The van der Waals surface area contributed by atoms with Crippen molar-refractivity contribution in [1.29, 1.82) is 0 Å². The minimum absolute atomic E-state index is 0.243. The number of anilines is 1. The number of halogens is 1. The van der Waals surface area contributed by atoms with Crippen LogP contribution in [0.25, 0.3) is 0 Å². The lowest BCUT2D eigenvalue weighted by Crippen LogP contribution is -2.10. The van der Waals surface area contributed by atoms with Crippen molar-refractivity contribution in [2.24, 2.45) is 0 Å². The number of nitrogens with one attached hydrogen (secondary N) is 2. The van der Waals surface area contributed by atoms with E-state index in [9.17, 15) is 4.79 Å². The fourth-order valence-corrected chi connectivity index (χ4v) is 1.14. The van der Waals surface area contributed by atoms with Gasteiger partial charge in [0.05, 0.1) is 23.6 Å². The molecule has 0 radical (unpaired) electrons. The number of pyridine rings is 1. The Morgan fingerprint density at radius 3 is 2.87 bits per heavy atom. The molecule has 0 atom stereocenters. The van der Waals surface area contributed by atoms with Gasteiger partial charge in [0.1, 0.15) is 5.15 Å². The van der Waals surface area contributed by atoms with Crippen molar-refractivity contribution >= 4 is 23.2 Å². The number of nitrogens with zero attached hydrogens (tertiary/aromatic N) is 2. The highest BCUT2D eigenvalue weighted by Gasteiger charge is 2.06. The second-order valence-corrected chi connectivity index (χ2v) is 3.20. The van der Waals surface area contributed by atoms with Crippen LogP contribution in [0.15, 0.2) is 30.7 Å². The number of rotatable bonds is 2. The lowest BCUT2D eigenvalue weighted by Gasteiger charge is -2.01. The molecule has 15 heavy (non-hydrogen) atoms. The van der Waals surface area contributed by atoms with Crippen LogP contribution in [0.1, 0.15) is 10.4 Å². The zero-order valence-electron chi connectivity index (χ0n) is 7.57. The Bertz CT molecular complexity index is 451. The minimum Gasteiger partial charge on any atom is -0.320 e. The van der Waals surface area contributed by atoms with Gasteiger partial charge in [-0.05, 0) is 12.1 Å². The Morgan fingerprint density at radius 2 is 2.27 bits per heavy atom. The molecule has 0 unspecified atom stereocenters. The number of hydrogen-bond donors (Lipinski definition) is 2. The molecule has 0 saturated carbocycles. The maximum Gasteiger partial charge on any atom is 0.258 e. The highest BCUT2D eigenvalue weighted by molar-refractivity contribution is 6.29. The Morgan fingerprint density at radius 1 is 1.40 bits per heavy atom. The molecule has 0 spiro atoms. The molecular formula is C9H7ClN4O. The van der Waals surface area contributed by atoms with Gasteiger partial charge in [-0.2, -0.15) is 5.10 Å². The van der Waals surface area contributed by atoms with Crippen LogP contribution in [0, 0.1) is 0 Å². The van der Waals surface area contributed by atoms with Gasteiger partial charge < -0.3 is 5.32 Å². The number of aromatic amines is 1. The molecule has 0 aliphatic carbocycles. The van der Waals surface area contributed by atoms with Crippen molar-refractivity contribution < 1.29 is 4.79 Å². The molecule has 0 aliphatic heterocycles. The van der Waals surface area contributed by atoms with Gasteiger partial charge in [-0.25, -0.2) is 4.98 Å². The average Bonchev–Trinajstić information content (AvgIpc) is 2.74. The summed E-state index contributed by atoms with van der Waals surface area (Å²) in [4.78, 5) is 15.4. The minimum atomic E-state index is -0.243. The second-order valence-electron chi connectivity index (χ2n) is 2.81. The largest absolute Gasteiger partial charge is 0.320 e. The van der Waals surface area contributed by atoms with Crippen LogP contribution in [0.5, 0.6) is 0 Å². The van der Waals surface area contributed by atoms with Gasteiger partial charge in [0.15, 0.2) is 0 Å². The molecule has 2 heterocycles. The van der Waals surface area contributed by atoms with Gasteiger partial charge in [0.25, 0.3) is 5.91 Å². The SMILES string of the molecule is O=C(Nc1ccc(Cl)nc1)c1cn[nH]c1. The second kappa shape index (κ2) is 4.10. The van der Waals surface area contributed by atoms with E-state index >= 15 is 0 Å². The highest BCUT2D eigenvalue weighted by atomic mass is 35.5. The molecule has 2 aromatic rings. The molecule has 2 aromatic heterocycles. The molecule has 0 bridgehead atoms. The molecule has 0 aliphatic rings. The summed E-state index contributed by atoms with van der Waals surface area (Å²) in [5, 5.41) is 9.27. The average molecular weight is 223 g/mol. The van der Waals surface area contributed by atoms with E-state index in [2.05, 4.69) is 20.5 Å². The van der Waals surface area contributed by atoms with E-state index in [1.54, 1.807) is 12.1 Å². The highest BCUT2D eigenvalue weighted by Crippen LogP contribution is 2.10. The quantitative estimate of drug-likeness (QED) is 0.760. The van der Waals surface area contributed by atoms with E-state index in [1.807, 2.05) is 0 Å². The third kappa shape index (κ3) is 2.32. The Kier molecular flexibility index (Phi) is 2.64. The van der Waals surface area contributed by atoms with Crippen LogP contribution in [0.2, 0.25) is 5.15 Å². The number of carbonyl (C=O) groups is 1. The van der Waals surface area contributed by atoms with Crippen molar-refractivity contribution in [2.45, 2.75) is 0 Å². The van der Waals surface area contributed by atoms with Gasteiger partial charge >= 0.3 is 0 Å². The van der Waals surface area contributed by atoms with E-state index in [0.717, 1.165) is 0 Å². The van der Waals surface area contributed by atoms with E-state index in [4.69, 9.17) is 11.6 Å². The van der Waals surface area contributed by atoms with Crippen LogP contribution < -0.4 is 5.32 Å². The molecule has 0 saturated heterocycles. The summed E-state index contributed by atoms with van der Waals surface area (Å²) >= 11 is 5.61. The summed E-state index contributed by atoms with van der Waals surface area (Å²) in [7, 11) is 0. The monoisotopic (exact) mass is 222 g/mol. The van der Waals surface area contributed by atoms with Crippen molar-refractivity contribution in [3.05, 3.63) is 41.4 Å². The van der Waals surface area contributed by atoms with E-state index in [0.29, 0.717) is 16.4 Å². The first kappa shape index (κ1) is 9.67. The third-order valence-electron chi connectivity index (χ3n) is 1.75. The van der Waals surface area contributed by atoms with Gasteiger partial charge in [-0.15, -0.1) is 0 Å². The summed E-state index contributed by atoms with van der Waals surface area (Å²) in [5.74, 6) is -0.243. The van der Waals surface area contributed by atoms with Crippen LogP contribution in [-0.4, -0.2) is 21.1 Å². The first-order chi connectivity index (χ1) is 7.25. The first-order valence-electron chi connectivity index (χ1n) is 4.17. The van der Waals surface area contributed by atoms with E-state index < -0.39 is 0 Å². The predicted molar refractivity (Wildman–Crippen MR) is 55.8 cm³/mol. The zero-order chi connectivity index (χ0) is 10.7. The predicted octanol–water partition coefficient (Wildman–Crippen LogP) is 1.71. The van der Waals surface area contributed by atoms with Crippen molar-refractivity contribution in [2.75, 3.05) is 5.32 Å². The smallest absolute Gasteiger partial charge is 0.258 e. The van der Waals surface area contributed by atoms with E-state index in [1.165, 1.54) is 18.6 Å². The van der Waals surface area contributed by atoms with Crippen LogP contribution in [-0.2, 0) is 0 Å². The van der Waals surface area contributed by atoms with Crippen molar-refractivity contribution in [3.63, 3.8) is 0 Å². The fraction of sp³-hybridized carbons (Fsp3) is 0. The van der Waals surface area contributed by atoms with Gasteiger partial charge in [-0.3, -0.25) is 9.89 Å². The molecule has 76 valence electrons. The molecule has 0 fully saturated rings. The number of aromatic nitrogens is 3. The lowest BCUT2D eigenvalue weighted by molar-refractivity contribution is 0.102. The Balaban J connectivity index is 2.09. The standard InChI is InChI=1S/C9H7ClN4O/c10-8-2-1-7(5-11-8)14-9(15)6-3-12-13-4-6/h1-5H,(H,12,13)(H,14,15). The first-order valence-corrected chi connectivity index (χ1v) is 4.55. The molecule has 2 rings (SSSR count). The maximum absolute atomic E-state index is 11.5. The van der Waals surface area contributed by atoms with Gasteiger partial charge in [-0.1, -0.05) is 11.6 Å². The molecule has 2 N–H and O–H groups in total. The zero-order valence-corrected chi connectivity index (χ0v) is 8.32. The number of hydrogen-bond acceptors (Lipinski definition) is 3. The van der Waals surface area contributed by atoms with Gasteiger partial charge in [0, 0.05) is 6.20 Å². The number of H-pyrrole nitrogens is 1. The Hall–Kier alpha value is -1.88. The lowest BCUT2D eigenvalue weighted by atomic mass is 10.3. The number of carbonyl (C=O) groups excluding carboxylic acids is 1. The summed E-state index contributed by atoms with van der Waals surface area (Å²) in [6.45, 7) is 0. The van der Waals surface area contributed by atoms with Crippen LogP contribution >= 0.6 is 11.6 Å². The van der Waals surface area contributed by atoms with Crippen LogP contribution in [0.4, 0.5) is 5.69 Å². The summed E-state index contributed by atoms with van der Waals surface area (Å²) < 4.78 is 0. The van der Waals surface area contributed by atoms with Crippen molar-refractivity contribution in [1.82, 2.24) is 15.2 Å². The molecule has 1 amide bonds. The molecule has 5 nitrogen and oxygen atoms in total. The topological polar surface area (TPSA) is 70.7 Å². The fourth-order valence-electron chi connectivity index (χ4n) is 1.03. The van der Waals surface area contributed by atoms with Gasteiger partial charge in [0.2, 0.25) is 0 Å². The summed E-state index contributed by atoms with van der Waals surface area (Å²) in [6, 6.07) is 3.28. The molecule has 6 heteroatoms. The Labute approximate surface area is 90.5 Å². The summed E-state index contributed by atoms with van der Waals surface area (Å²) in [6.07, 6.45) is 4.44. The third-order valence-corrected chi connectivity index (χ3v) is 1.97. The molecule has 0 aromatic carbocycles. The van der Waals surface area contributed by atoms with Crippen LogP contribution in [0.3, 0.4) is 0 Å². The maximum atomic E-state index is 11.5. The van der Waals surface area contributed by atoms with Crippen molar-refractivity contribution in [3.8, 4) is 0 Å². The number of amides is 1.